The molecule has 1 aliphatic rings. The Morgan fingerprint density at radius 1 is 1.35 bits per heavy atom. The Morgan fingerprint density at radius 2 is 2.15 bits per heavy atom. The van der Waals surface area contributed by atoms with E-state index in [0.29, 0.717) is 16.4 Å². The van der Waals surface area contributed by atoms with Crippen LogP contribution in [0.15, 0.2) is 22.7 Å². The lowest BCUT2D eigenvalue weighted by atomic mass is 9.76. The van der Waals surface area contributed by atoms with Gasteiger partial charge in [-0.15, -0.1) is 0 Å². The molecule has 1 nitrogen and oxygen atoms in total. The van der Waals surface area contributed by atoms with Crippen molar-refractivity contribution in [1.82, 2.24) is 5.32 Å². The first kappa shape index (κ1) is 16.0. The van der Waals surface area contributed by atoms with E-state index < -0.39 is 0 Å². The van der Waals surface area contributed by atoms with E-state index in [2.05, 4.69) is 35.1 Å². The molecule has 0 aromatic heterocycles. The molecule has 0 heterocycles. The van der Waals surface area contributed by atoms with Crippen molar-refractivity contribution in [2.24, 2.45) is 11.8 Å². The molecule has 112 valence electrons. The predicted octanol–water partition coefficient (Wildman–Crippen LogP) is 4.94. The van der Waals surface area contributed by atoms with E-state index in [0.717, 1.165) is 18.9 Å². The number of nitrogens with one attached hydrogen (secondary N) is 1. The zero-order valence-electron chi connectivity index (χ0n) is 12.5. The Hall–Kier alpha value is -0.410. The van der Waals surface area contributed by atoms with Gasteiger partial charge in [-0.3, -0.25) is 0 Å². The fourth-order valence-corrected chi connectivity index (χ4v) is 3.72. The highest BCUT2D eigenvalue weighted by molar-refractivity contribution is 9.10. The van der Waals surface area contributed by atoms with Crippen LogP contribution in [0, 0.1) is 17.7 Å². The van der Waals surface area contributed by atoms with Crippen LogP contribution in [-0.4, -0.2) is 12.6 Å². The number of hydrogen-bond donors (Lipinski definition) is 1. The third kappa shape index (κ3) is 4.29. The van der Waals surface area contributed by atoms with Gasteiger partial charge in [0.1, 0.15) is 5.82 Å². The lowest BCUT2D eigenvalue weighted by Gasteiger charge is -2.36. The van der Waals surface area contributed by atoms with Gasteiger partial charge >= 0.3 is 0 Å². The summed E-state index contributed by atoms with van der Waals surface area (Å²) < 4.78 is 13.9. The normalized spacial score (nSPS) is 26.7. The van der Waals surface area contributed by atoms with Crippen LogP contribution in [0.4, 0.5) is 4.39 Å². The van der Waals surface area contributed by atoms with E-state index in [-0.39, 0.29) is 5.82 Å². The third-order valence-electron chi connectivity index (χ3n) is 4.38. The second kappa shape index (κ2) is 7.56. The van der Waals surface area contributed by atoms with Crippen LogP contribution in [0.5, 0.6) is 0 Å². The molecule has 0 spiro atoms. The molecule has 3 atom stereocenters. The maximum atomic E-state index is 13.3. The average molecular weight is 342 g/mol. The molecule has 0 amide bonds. The van der Waals surface area contributed by atoms with E-state index in [9.17, 15) is 4.39 Å². The smallest absolute Gasteiger partial charge is 0.137 e. The van der Waals surface area contributed by atoms with Gasteiger partial charge in [0.05, 0.1) is 4.47 Å². The minimum atomic E-state index is -0.175. The van der Waals surface area contributed by atoms with Crippen LogP contribution in [-0.2, 0) is 6.42 Å². The average Bonchev–Trinajstić information content (AvgIpc) is 2.42. The second-order valence-corrected chi connectivity index (χ2v) is 7.05. The molecule has 1 aromatic carbocycles. The molecule has 0 radical (unpaired) electrons. The van der Waals surface area contributed by atoms with Crippen molar-refractivity contribution in [2.75, 3.05) is 6.54 Å². The lowest BCUT2D eigenvalue weighted by molar-refractivity contribution is 0.212. The zero-order valence-corrected chi connectivity index (χ0v) is 14.0. The molecule has 1 aromatic rings. The largest absolute Gasteiger partial charge is 0.314 e. The van der Waals surface area contributed by atoms with Crippen LogP contribution >= 0.6 is 15.9 Å². The molecule has 2 rings (SSSR count). The fraction of sp³-hybridized carbons (Fsp3) is 0.647. The number of hydrogen-bond acceptors (Lipinski definition) is 1. The monoisotopic (exact) mass is 341 g/mol. The van der Waals surface area contributed by atoms with Gasteiger partial charge in [0, 0.05) is 6.04 Å². The predicted molar refractivity (Wildman–Crippen MR) is 86.4 cm³/mol. The van der Waals surface area contributed by atoms with Crippen molar-refractivity contribution >= 4 is 15.9 Å². The van der Waals surface area contributed by atoms with E-state index in [4.69, 9.17) is 0 Å². The molecular weight excluding hydrogens is 317 g/mol. The number of halogens is 2. The van der Waals surface area contributed by atoms with Gasteiger partial charge in [0.2, 0.25) is 0 Å². The summed E-state index contributed by atoms with van der Waals surface area (Å²) in [5.41, 5.74) is 1.24. The van der Waals surface area contributed by atoms with Gasteiger partial charge in [-0.25, -0.2) is 4.39 Å². The maximum Gasteiger partial charge on any atom is 0.137 e. The van der Waals surface area contributed by atoms with E-state index in [1.807, 2.05) is 12.1 Å². The number of rotatable bonds is 5. The van der Waals surface area contributed by atoms with Gasteiger partial charge in [-0.05, 0) is 84.1 Å². The zero-order chi connectivity index (χ0) is 14.5. The summed E-state index contributed by atoms with van der Waals surface area (Å²) in [5, 5.41) is 3.70. The highest BCUT2D eigenvalue weighted by Crippen LogP contribution is 2.32. The van der Waals surface area contributed by atoms with Crippen molar-refractivity contribution in [3.63, 3.8) is 0 Å². The highest BCUT2D eigenvalue weighted by Gasteiger charge is 2.28. The Kier molecular flexibility index (Phi) is 6.03. The molecule has 0 bridgehead atoms. The van der Waals surface area contributed by atoms with Crippen molar-refractivity contribution < 1.29 is 4.39 Å². The molecule has 1 N–H and O–H groups in total. The van der Waals surface area contributed by atoms with E-state index in [1.54, 1.807) is 6.07 Å². The summed E-state index contributed by atoms with van der Waals surface area (Å²) in [6.07, 6.45) is 6.10. The molecule has 3 unspecified atom stereocenters. The van der Waals surface area contributed by atoms with Gasteiger partial charge < -0.3 is 5.32 Å². The minimum Gasteiger partial charge on any atom is -0.314 e. The number of benzene rings is 1. The summed E-state index contributed by atoms with van der Waals surface area (Å²) in [5.74, 6) is 1.30. The Morgan fingerprint density at radius 3 is 2.85 bits per heavy atom. The summed E-state index contributed by atoms with van der Waals surface area (Å²) in [6.45, 7) is 5.66. The molecule has 1 saturated carbocycles. The Labute approximate surface area is 130 Å². The van der Waals surface area contributed by atoms with Crippen molar-refractivity contribution in [3.05, 3.63) is 34.1 Å². The van der Waals surface area contributed by atoms with Crippen LogP contribution in [0.25, 0.3) is 0 Å². The first-order chi connectivity index (χ1) is 9.60. The SMILES string of the molecule is CCCNC1CCC(C)CC1Cc1ccc(F)c(Br)c1. The molecule has 20 heavy (non-hydrogen) atoms. The van der Waals surface area contributed by atoms with Gasteiger partial charge in [-0.2, -0.15) is 0 Å². The van der Waals surface area contributed by atoms with Crippen LogP contribution < -0.4 is 5.32 Å². The van der Waals surface area contributed by atoms with Crippen molar-refractivity contribution in [2.45, 2.75) is 52.0 Å². The summed E-state index contributed by atoms with van der Waals surface area (Å²) in [4.78, 5) is 0. The summed E-state index contributed by atoms with van der Waals surface area (Å²) in [7, 11) is 0. The lowest BCUT2D eigenvalue weighted by Crippen LogP contribution is -2.41. The summed E-state index contributed by atoms with van der Waals surface area (Å²) >= 11 is 3.29. The van der Waals surface area contributed by atoms with Crippen molar-refractivity contribution in [1.29, 1.82) is 0 Å². The summed E-state index contributed by atoms with van der Waals surface area (Å²) in [6, 6.07) is 6.05. The molecule has 1 aliphatic carbocycles. The highest BCUT2D eigenvalue weighted by atomic mass is 79.9. The van der Waals surface area contributed by atoms with Gasteiger partial charge in [0.25, 0.3) is 0 Å². The minimum absolute atomic E-state index is 0.175. The van der Waals surface area contributed by atoms with Crippen LogP contribution in [0.3, 0.4) is 0 Å². The second-order valence-electron chi connectivity index (χ2n) is 6.19. The van der Waals surface area contributed by atoms with Crippen LogP contribution in [0.2, 0.25) is 0 Å². The van der Waals surface area contributed by atoms with Gasteiger partial charge in [-0.1, -0.05) is 19.9 Å². The topological polar surface area (TPSA) is 12.0 Å². The quantitative estimate of drug-likeness (QED) is 0.800. The molecular formula is C17H25BrFN. The molecule has 0 aliphatic heterocycles. The first-order valence-electron chi connectivity index (χ1n) is 7.77. The van der Waals surface area contributed by atoms with Gasteiger partial charge in [0.15, 0.2) is 0 Å². The molecule has 1 fully saturated rings. The Bertz CT molecular complexity index is 433. The van der Waals surface area contributed by atoms with E-state index >= 15 is 0 Å². The standard InChI is InChI=1S/C17H25BrFN/c1-3-8-20-17-7-4-12(2)9-14(17)10-13-5-6-16(19)15(18)11-13/h5-6,11-12,14,17,20H,3-4,7-10H2,1-2H3. The fourth-order valence-electron chi connectivity index (χ4n) is 3.29. The molecule has 3 heteroatoms. The first-order valence-corrected chi connectivity index (χ1v) is 8.56. The Balaban J connectivity index is 2.04. The molecule has 0 saturated heterocycles. The van der Waals surface area contributed by atoms with E-state index in [1.165, 1.54) is 31.2 Å². The van der Waals surface area contributed by atoms with Crippen LogP contribution in [0.1, 0.15) is 45.1 Å². The third-order valence-corrected chi connectivity index (χ3v) is 4.99. The van der Waals surface area contributed by atoms with Crippen molar-refractivity contribution in [3.8, 4) is 0 Å². The maximum absolute atomic E-state index is 13.3.